The minimum atomic E-state index is -0.476. The fourth-order valence-corrected chi connectivity index (χ4v) is 4.12. The van der Waals surface area contributed by atoms with E-state index in [9.17, 15) is 9.59 Å². The molecular formula is C26H26N6O2. The zero-order chi connectivity index (χ0) is 23.5. The van der Waals surface area contributed by atoms with Crippen LogP contribution in [0.15, 0.2) is 77.9 Å². The number of hydrogen-bond acceptors (Lipinski definition) is 6. The molecule has 4 aromatic rings. The Bertz CT molecular complexity index is 1370. The molecule has 1 aliphatic rings. The smallest absolute Gasteiger partial charge is 0.263 e. The van der Waals surface area contributed by atoms with Gasteiger partial charge >= 0.3 is 0 Å². The molecule has 0 unspecified atom stereocenters. The van der Waals surface area contributed by atoms with E-state index in [-0.39, 0.29) is 5.56 Å². The molecule has 1 fully saturated rings. The van der Waals surface area contributed by atoms with Crippen molar-refractivity contribution in [2.45, 2.75) is 0 Å². The summed E-state index contributed by atoms with van der Waals surface area (Å²) in [5.41, 5.74) is 3.29. The number of likely N-dealkylation sites (N-methyl/N-ethyl adjacent to an activating group) is 1. The molecule has 172 valence electrons. The highest BCUT2D eigenvalue weighted by atomic mass is 16.2. The summed E-state index contributed by atoms with van der Waals surface area (Å²) < 4.78 is 0. The minimum Gasteiger partial charge on any atom is -0.369 e. The highest BCUT2D eigenvalue weighted by Gasteiger charge is 2.18. The molecule has 8 nitrogen and oxygen atoms in total. The number of hydrogen-bond donors (Lipinski definition) is 3. The normalized spacial score (nSPS) is 14.2. The number of pyridine rings is 2. The molecule has 8 heteroatoms. The Morgan fingerprint density at radius 1 is 0.971 bits per heavy atom. The number of rotatable bonds is 5. The van der Waals surface area contributed by atoms with Crippen LogP contribution in [0.3, 0.4) is 0 Å². The van der Waals surface area contributed by atoms with Crippen molar-refractivity contribution in [1.82, 2.24) is 14.9 Å². The fraction of sp³-hybridized carbons (Fsp3) is 0.192. The molecule has 1 amide bonds. The molecule has 3 N–H and O–H groups in total. The SMILES string of the molecule is CN1CCN(c2ccc(NC(=O)c3c(Nc4ccc5cccnc5c4)cc[nH]c3=O)cc2)CC1. The summed E-state index contributed by atoms with van der Waals surface area (Å²) in [5, 5.41) is 7.06. The van der Waals surface area contributed by atoms with Crippen LogP contribution in [0.4, 0.5) is 22.7 Å². The van der Waals surface area contributed by atoms with Gasteiger partial charge in [-0.2, -0.15) is 0 Å². The van der Waals surface area contributed by atoms with Crippen LogP contribution in [0.2, 0.25) is 0 Å². The van der Waals surface area contributed by atoms with E-state index in [1.54, 1.807) is 12.3 Å². The van der Waals surface area contributed by atoms with Gasteiger partial charge in [0.15, 0.2) is 0 Å². The number of fused-ring (bicyclic) bond motifs is 1. The predicted molar refractivity (Wildman–Crippen MR) is 136 cm³/mol. The summed E-state index contributed by atoms with van der Waals surface area (Å²) in [4.78, 5) is 37.3. The van der Waals surface area contributed by atoms with Crippen molar-refractivity contribution >= 4 is 39.6 Å². The Hall–Kier alpha value is -4.17. The monoisotopic (exact) mass is 454 g/mol. The van der Waals surface area contributed by atoms with E-state index >= 15 is 0 Å². The predicted octanol–water partition coefficient (Wildman–Crippen LogP) is 3.67. The number of anilines is 4. The van der Waals surface area contributed by atoms with Crippen molar-refractivity contribution in [2.75, 3.05) is 48.8 Å². The fourth-order valence-electron chi connectivity index (χ4n) is 4.12. The lowest BCUT2D eigenvalue weighted by Crippen LogP contribution is -2.44. The van der Waals surface area contributed by atoms with Gasteiger partial charge in [0.05, 0.1) is 11.2 Å². The second kappa shape index (κ2) is 9.36. The van der Waals surface area contributed by atoms with Gasteiger partial charge in [-0.15, -0.1) is 0 Å². The number of carbonyl (C=O) groups is 1. The summed E-state index contributed by atoms with van der Waals surface area (Å²) in [5.74, 6) is -0.476. The third kappa shape index (κ3) is 4.62. The Morgan fingerprint density at radius 2 is 1.74 bits per heavy atom. The van der Waals surface area contributed by atoms with Gasteiger partial charge in [-0.3, -0.25) is 14.6 Å². The zero-order valence-electron chi connectivity index (χ0n) is 18.9. The van der Waals surface area contributed by atoms with Gasteiger partial charge in [-0.1, -0.05) is 12.1 Å². The van der Waals surface area contributed by atoms with Crippen LogP contribution >= 0.6 is 0 Å². The maximum absolute atomic E-state index is 13.1. The second-order valence-corrected chi connectivity index (χ2v) is 8.42. The average molecular weight is 455 g/mol. The molecule has 0 radical (unpaired) electrons. The molecule has 0 saturated carbocycles. The van der Waals surface area contributed by atoms with Crippen molar-refractivity contribution in [3.63, 3.8) is 0 Å². The van der Waals surface area contributed by atoms with E-state index in [1.807, 2.05) is 54.6 Å². The molecule has 34 heavy (non-hydrogen) atoms. The summed E-state index contributed by atoms with van der Waals surface area (Å²) in [6.07, 6.45) is 3.25. The van der Waals surface area contributed by atoms with Gasteiger partial charge < -0.3 is 25.4 Å². The van der Waals surface area contributed by atoms with Crippen molar-refractivity contribution in [3.8, 4) is 0 Å². The molecule has 5 rings (SSSR count). The molecule has 0 spiro atoms. The second-order valence-electron chi connectivity index (χ2n) is 8.42. The number of nitrogens with zero attached hydrogens (tertiary/aromatic N) is 3. The number of aromatic amines is 1. The Labute approximate surface area is 197 Å². The summed E-state index contributed by atoms with van der Waals surface area (Å²) in [6, 6.07) is 19.0. The lowest BCUT2D eigenvalue weighted by Gasteiger charge is -2.34. The van der Waals surface area contributed by atoms with Gasteiger partial charge in [0.2, 0.25) is 0 Å². The molecule has 0 aliphatic carbocycles. The van der Waals surface area contributed by atoms with E-state index in [1.165, 1.54) is 6.20 Å². The molecule has 0 bridgehead atoms. The standard InChI is InChI=1S/C26H26N6O2/c1-31-13-15-32(16-14-31)21-8-6-19(7-9-21)30-26(34)24-22(10-12-28-25(24)33)29-20-5-4-18-3-2-11-27-23(18)17-20/h2-12,17H,13-16H2,1H3,(H,30,34)(H2,28,29,33). The van der Waals surface area contributed by atoms with E-state index in [4.69, 9.17) is 0 Å². The van der Waals surface area contributed by atoms with Crippen LogP contribution in [0, 0.1) is 0 Å². The molecule has 1 saturated heterocycles. The van der Waals surface area contributed by atoms with Crippen LogP contribution in [-0.4, -0.2) is 54.0 Å². The molecule has 3 heterocycles. The van der Waals surface area contributed by atoms with Gasteiger partial charge in [0.25, 0.3) is 11.5 Å². The van der Waals surface area contributed by atoms with Gasteiger partial charge in [-0.25, -0.2) is 0 Å². The van der Waals surface area contributed by atoms with Crippen LogP contribution in [0.1, 0.15) is 10.4 Å². The van der Waals surface area contributed by atoms with Crippen molar-refractivity contribution in [1.29, 1.82) is 0 Å². The topological polar surface area (TPSA) is 93.4 Å². The first-order valence-electron chi connectivity index (χ1n) is 11.3. The number of benzene rings is 2. The molecule has 2 aromatic heterocycles. The maximum atomic E-state index is 13.1. The third-order valence-corrected chi connectivity index (χ3v) is 6.07. The highest BCUT2D eigenvalue weighted by Crippen LogP contribution is 2.24. The molecule has 1 aliphatic heterocycles. The number of amides is 1. The summed E-state index contributed by atoms with van der Waals surface area (Å²) in [6.45, 7) is 4.00. The van der Waals surface area contributed by atoms with E-state index < -0.39 is 11.5 Å². The number of H-pyrrole nitrogens is 1. The van der Waals surface area contributed by atoms with Gasteiger partial charge in [0.1, 0.15) is 5.56 Å². The third-order valence-electron chi connectivity index (χ3n) is 6.07. The van der Waals surface area contributed by atoms with Crippen molar-refractivity contribution in [2.24, 2.45) is 0 Å². The minimum absolute atomic E-state index is 0.0202. The molecule has 0 atom stereocenters. The maximum Gasteiger partial charge on any atom is 0.263 e. The van der Waals surface area contributed by atoms with E-state index in [0.717, 1.165) is 48.5 Å². The van der Waals surface area contributed by atoms with E-state index in [0.29, 0.717) is 11.4 Å². The number of nitrogens with one attached hydrogen (secondary N) is 3. The quantitative estimate of drug-likeness (QED) is 0.426. The molecular weight excluding hydrogens is 428 g/mol. The first kappa shape index (κ1) is 21.7. The van der Waals surface area contributed by atoms with Gasteiger partial charge in [0, 0.05) is 61.0 Å². The Kier molecular flexibility index (Phi) is 5.97. The van der Waals surface area contributed by atoms with Crippen molar-refractivity contribution in [3.05, 3.63) is 89.0 Å². The number of aromatic nitrogens is 2. The van der Waals surface area contributed by atoms with Crippen LogP contribution in [0.25, 0.3) is 10.9 Å². The molecule has 2 aromatic carbocycles. The summed E-state index contributed by atoms with van der Waals surface area (Å²) >= 11 is 0. The number of piperazine rings is 1. The lowest BCUT2D eigenvalue weighted by molar-refractivity contribution is 0.102. The first-order valence-corrected chi connectivity index (χ1v) is 11.3. The Morgan fingerprint density at radius 3 is 2.53 bits per heavy atom. The van der Waals surface area contributed by atoms with E-state index in [2.05, 4.69) is 37.4 Å². The van der Waals surface area contributed by atoms with Crippen molar-refractivity contribution < 1.29 is 4.79 Å². The first-order chi connectivity index (χ1) is 16.6. The Balaban J connectivity index is 1.34. The average Bonchev–Trinajstić information content (AvgIpc) is 2.85. The summed E-state index contributed by atoms with van der Waals surface area (Å²) in [7, 11) is 2.13. The highest BCUT2D eigenvalue weighted by molar-refractivity contribution is 6.08. The largest absolute Gasteiger partial charge is 0.369 e. The lowest BCUT2D eigenvalue weighted by atomic mass is 10.1. The van der Waals surface area contributed by atoms with Crippen LogP contribution < -0.4 is 21.1 Å². The number of carbonyl (C=O) groups excluding carboxylic acids is 1. The van der Waals surface area contributed by atoms with Crippen LogP contribution in [0.5, 0.6) is 0 Å². The van der Waals surface area contributed by atoms with Crippen LogP contribution in [-0.2, 0) is 0 Å². The zero-order valence-corrected chi connectivity index (χ0v) is 18.9. The van der Waals surface area contributed by atoms with Gasteiger partial charge in [-0.05, 0) is 55.6 Å².